The number of nitrogens with one attached hydrogen (secondary N) is 2. The number of rotatable bonds is 3. The van der Waals surface area contributed by atoms with Gasteiger partial charge in [0.2, 0.25) is 0 Å². The van der Waals surface area contributed by atoms with Crippen molar-refractivity contribution in [3.05, 3.63) is 40.1 Å². The normalized spacial score (nSPS) is 11.0. The molecule has 0 atom stereocenters. The number of aryl methyl sites for hydroxylation is 2. The van der Waals surface area contributed by atoms with Gasteiger partial charge in [-0.2, -0.15) is 0 Å². The van der Waals surface area contributed by atoms with Gasteiger partial charge in [0.15, 0.2) is 0 Å². The van der Waals surface area contributed by atoms with Gasteiger partial charge in [0.25, 0.3) is 0 Å². The predicted molar refractivity (Wildman–Crippen MR) is 75.0 cm³/mol. The van der Waals surface area contributed by atoms with Crippen molar-refractivity contribution >= 4 is 28.1 Å². The van der Waals surface area contributed by atoms with Gasteiger partial charge in [-0.05, 0) is 32.0 Å². The summed E-state index contributed by atoms with van der Waals surface area (Å²) in [6, 6.07) is 6.15. The van der Waals surface area contributed by atoms with Gasteiger partial charge in [0, 0.05) is 16.8 Å². The Morgan fingerprint density at radius 3 is 2.94 bits per heavy atom. The minimum atomic E-state index is 0.761. The van der Waals surface area contributed by atoms with E-state index in [9.17, 15) is 0 Å². The smallest absolute Gasteiger partial charge is 0.112 e. The van der Waals surface area contributed by atoms with Crippen molar-refractivity contribution in [1.29, 1.82) is 0 Å². The molecule has 0 saturated carbocycles. The number of hydrogen-bond donors (Lipinski definition) is 2. The lowest BCUT2D eigenvalue weighted by Gasteiger charge is -2.03. The lowest BCUT2D eigenvalue weighted by Crippen LogP contribution is -1.98. The van der Waals surface area contributed by atoms with Crippen LogP contribution < -0.4 is 5.32 Å². The van der Waals surface area contributed by atoms with Crippen molar-refractivity contribution in [3.63, 3.8) is 0 Å². The minimum Gasteiger partial charge on any atom is -0.378 e. The zero-order valence-corrected chi connectivity index (χ0v) is 11.1. The molecule has 0 aliphatic heterocycles. The Hall–Kier alpha value is -1.88. The molecule has 3 aromatic rings. The van der Waals surface area contributed by atoms with Crippen LogP contribution in [0, 0.1) is 13.8 Å². The monoisotopic (exact) mass is 258 g/mol. The second-order valence-electron chi connectivity index (χ2n) is 4.29. The number of H-pyrrole nitrogens is 1. The van der Waals surface area contributed by atoms with Gasteiger partial charge in [0.1, 0.15) is 10.8 Å². The van der Waals surface area contributed by atoms with E-state index in [1.165, 1.54) is 0 Å². The van der Waals surface area contributed by atoms with E-state index in [0.29, 0.717) is 0 Å². The summed E-state index contributed by atoms with van der Waals surface area (Å²) in [6.07, 6.45) is 0. The second-order valence-corrected chi connectivity index (χ2v) is 5.23. The molecule has 0 saturated heterocycles. The average Bonchev–Trinajstić information content (AvgIpc) is 2.90. The number of anilines is 1. The van der Waals surface area contributed by atoms with E-state index >= 15 is 0 Å². The summed E-state index contributed by atoms with van der Waals surface area (Å²) in [5, 5.41) is 6.55. The lowest BCUT2D eigenvalue weighted by molar-refractivity contribution is 1.08. The Morgan fingerprint density at radius 1 is 1.28 bits per heavy atom. The second kappa shape index (κ2) is 4.42. The number of imidazole rings is 1. The van der Waals surface area contributed by atoms with Crippen LogP contribution in [-0.2, 0) is 6.54 Å². The third-order valence-corrected chi connectivity index (χ3v) is 3.68. The number of fused-ring (bicyclic) bond motifs is 1. The first kappa shape index (κ1) is 11.2. The minimum absolute atomic E-state index is 0.761. The fraction of sp³-hybridized carbons (Fsp3) is 0.231. The molecule has 2 heterocycles. The number of aromatic amines is 1. The van der Waals surface area contributed by atoms with Gasteiger partial charge in [-0.3, -0.25) is 0 Å². The van der Waals surface area contributed by atoms with Crippen molar-refractivity contribution in [2.24, 2.45) is 0 Å². The lowest BCUT2D eigenvalue weighted by atomic mass is 10.3. The highest BCUT2D eigenvalue weighted by Crippen LogP contribution is 2.18. The summed E-state index contributed by atoms with van der Waals surface area (Å²) in [4.78, 5) is 12.0. The number of thiazole rings is 1. The molecular weight excluding hydrogens is 244 g/mol. The van der Waals surface area contributed by atoms with E-state index in [2.05, 4.69) is 31.7 Å². The Morgan fingerprint density at radius 2 is 2.17 bits per heavy atom. The van der Waals surface area contributed by atoms with Gasteiger partial charge in [-0.25, -0.2) is 9.97 Å². The van der Waals surface area contributed by atoms with E-state index in [1.54, 1.807) is 11.3 Å². The number of hydrogen-bond acceptors (Lipinski definition) is 4. The van der Waals surface area contributed by atoms with Crippen LogP contribution in [0.2, 0.25) is 0 Å². The molecule has 3 rings (SSSR count). The van der Waals surface area contributed by atoms with Crippen LogP contribution in [0.5, 0.6) is 0 Å². The van der Waals surface area contributed by atoms with E-state index in [4.69, 9.17) is 0 Å². The topological polar surface area (TPSA) is 53.6 Å². The van der Waals surface area contributed by atoms with Crippen LogP contribution in [0.25, 0.3) is 11.0 Å². The summed E-state index contributed by atoms with van der Waals surface area (Å²) in [6.45, 7) is 4.74. The van der Waals surface area contributed by atoms with Crippen LogP contribution >= 0.6 is 11.3 Å². The molecule has 92 valence electrons. The van der Waals surface area contributed by atoms with Gasteiger partial charge in [0.05, 0.1) is 17.6 Å². The molecule has 2 aromatic heterocycles. The maximum Gasteiger partial charge on any atom is 0.112 e. The molecule has 0 aliphatic rings. The molecule has 1 aromatic carbocycles. The molecule has 18 heavy (non-hydrogen) atoms. The molecule has 2 N–H and O–H groups in total. The van der Waals surface area contributed by atoms with Gasteiger partial charge in [-0.1, -0.05) is 0 Å². The van der Waals surface area contributed by atoms with Crippen molar-refractivity contribution in [1.82, 2.24) is 15.0 Å². The average molecular weight is 258 g/mol. The van der Waals surface area contributed by atoms with Crippen LogP contribution in [-0.4, -0.2) is 15.0 Å². The predicted octanol–water partition coefficient (Wildman–Crippen LogP) is 3.25. The van der Waals surface area contributed by atoms with Crippen LogP contribution in [0.1, 0.15) is 16.5 Å². The molecule has 0 amide bonds. The number of aromatic nitrogens is 3. The standard InChI is InChI=1S/C13H14N4S/c1-8-7-18-13(15-8)6-14-10-3-4-11-12(5-10)17-9(2)16-11/h3-5,7,14H,6H2,1-2H3,(H,16,17). The maximum absolute atomic E-state index is 4.43. The first-order valence-corrected chi connectivity index (χ1v) is 6.70. The Kier molecular flexibility index (Phi) is 2.76. The highest BCUT2D eigenvalue weighted by molar-refractivity contribution is 7.09. The largest absolute Gasteiger partial charge is 0.378 e. The third kappa shape index (κ3) is 2.22. The number of benzene rings is 1. The van der Waals surface area contributed by atoms with Gasteiger partial charge in [-0.15, -0.1) is 11.3 Å². The summed E-state index contributed by atoms with van der Waals surface area (Å²) < 4.78 is 0. The molecule has 5 heteroatoms. The zero-order chi connectivity index (χ0) is 12.5. The molecule has 4 nitrogen and oxygen atoms in total. The number of nitrogens with zero attached hydrogens (tertiary/aromatic N) is 2. The van der Waals surface area contributed by atoms with Gasteiger partial charge >= 0.3 is 0 Å². The van der Waals surface area contributed by atoms with Crippen LogP contribution in [0.15, 0.2) is 23.6 Å². The van der Waals surface area contributed by atoms with Crippen LogP contribution in [0.3, 0.4) is 0 Å². The molecule has 0 fully saturated rings. The van der Waals surface area contributed by atoms with Crippen molar-refractivity contribution in [2.75, 3.05) is 5.32 Å². The fourth-order valence-electron chi connectivity index (χ4n) is 1.91. The van der Waals surface area contributed by atoms with Gasteiger partial charge < -0.3 is 10.3 Å². The van der Waals surface area contributed by atoms with Crippen molar-refractivity contribution < 1.29 is 0 Å². The third-order valence-electron chi connectivity index (χ3n) is 2.71. The van der Waals surface area contributed by atoms with E-state index in [-0.39, 0.29) is 0 Å². The maximum atomic E-state index is 4.43. The summed E-state index contributed by atoms with van der Waals surface area (Å²) >= 11 is 1.68. The van der Waals surface area contributed by atoms with Crippen molar-refractivity contribution in [2.45, 2.75) is 20.4 Å². The van der Waals surface area contributed by atoms with E-state index in [1.807, 2.05) is 26.0 Å². The molecule has 0 spiro atoms. The summed E-state index contributed by atoms with van der Waals surface area (Å²) in [5.41, 5.74) is 4.23. The highest BCUT2D eigenvalue weighted by Gasteiger charge is 2.02. The molecule has 0 radical (unpaired) electrons. The Balaban J connectivity index is 1.78. The Labute approximate surface area is 109 Å². The van der Waals surface area contributed by atoms with E-state index in [0.717, 1.165) is 39.8 Å². The Bertz CT molecular complexity index is 683. The molecule has 0 bridgehead atoms. The molecular formula is C13H14N4S. The molecule has 0 aliphatic carbocycles. The summed E-state index contributed by atoms with van der Waals surface area (Å²) in [5.74, 6) is 0.942. The highest BCUT2D eigenvalue weighted by atomic mass is 32.1. The quantitative estimate of drug-likeness (QED) is 0.758. The van der Waals surface area contributed by atoms with Crippen LogP contribution in [0.4, 0.5) is 5.69 Å². The van der Waals surface area contributed by atoms with E-state index < -0.39 is 0 Å². The van der Waals surface area contributed by atoms with Crippen molar-refractivity contribution in [3.8, 4) is 0 Å². The zero-order valence-electron chi connectivity index (χ0n) is 10.3. The first-order valence-electron chi connectivity index (χ1n) is 5.82. The SMILES string of the molecule is Cc1csc(CNc2ccc3nc(C)[nH]c3c2)n1. The molecule has 0 unspecified atom stereocenters. The first-order chi connectivity index (χ1) is 8.70. The fourth-order valence-corrected chi connectivity index (χ4v) is 2.62. The summed E-state index contributed by atoms with van der Waals surface area (Å²) in [7, 11) is 0.